The van der Waals surface area contributed by atoms with Crippen LogP contribution in [0.25, 0.3) is 11.0 Å². The Labute approximate surface area is 186 Å². The number of aromatic nitrogens is 2. The smallest absolute Gasteiger partial charge is 0.326 e. The molecule has 1 aromatic heterocycles. The summed E-state index contributed by atoms with van der Waals surface area (Å²) in [5.41, 5.74) is 1.84. The first-order chi connectivity index (χ1) is 15.4. The van der Waals surface area contributed by atoms with Crippen molar-refractivity contribution in [3.8, 4) is 17.2 Å². The average molecular weight is 441 g/mol. The second-order valence-corrected chi connectivity index (χ2v) is 7.24. The number of methoxy groups -OCH3 is 3. The van der Waals surface area contributed by atoms with Crippen LogP contribution in [-0.2, 0) is 22.6 Å². The molecule has 2 aromatic carbocycles. The number of benzene rings is 2. The number of amides is 1. The minimum Gasteiger partial charge on any atom is -0.493 e. The normalized spacial score (nSPS) is 10.8. The first kappa shape index (κ1) is 22.9. The fourth-order valence-corrected chi connectivity index (χ4v) is 3.34. The van der Waals surface area contributed by atoms with Gasteiger partial charge < -0.3 is 28.8 Å². The van der Waals surface area contributed by atoms with Crippen LogP contribution in [0.1, 0.15) is 30.0 Å². The zero-order valence-electron chi connectivity index (χ0n) is 18.8. The van der Waals surface area contributed by atoms with Gasteiger partial charge in [0.05, 0.1) is 45.0 Å². The number of para-hydroxylation sites is 2. The van der Waals surface area contributed by atoms with Crippen molar-refractivity contribution >= 4 is 22.9 Å². The molecular formula is C23H27N3O6. The lowest BCUT2D eigenvalue weighted by Crippen LogP contribution is -2.26. The van der Waals surface area contributed by atoms with Gasteiger partial charge in [-0.15, -0.1) is 0 Å². The van der Waals surface area contributed by atoms with E-state index in [4.69, 9.17) is 18.9 Å². The second kappa shape index (κ2) is 10.0. The Hall–Kier alpha value is -3.75. The number of ether oxygens (including phenoxy) is 4. The maximum absolute atomic E-state index is 12.9. The first-order valence-corrected chi connectivity index (χ1v) is 10.1. The third kappa shape index (κ3) is 4.93. The minimum atomic E-state index is -0.375. The van der Waals surface area contributed by atoms with Crippen LogP contribution in [0.5, 0.6) is 17.2 Å². The lowest BCUT2D eigenvalue weighted by Gasteiger charge is -2.14. The van der Waals surface area contributed by atoms with Gasteiger partial charge in [-0.2, -0.15) is 0 Å². The molecule has 3 rings (SSSR count). The van der Waals surface area contributed by atoms with E-state index in [2.05, 4.69) is 10.3 Å². The average Bonchev–Trinajstić information content (AvgIpc) is 3.12. The van der Waals surface area contributed by atoms with Gasteiger partial charge in [0.25, 0.3) is 5.91 Å². The Morgan fingerprint density at radius 3 is 2.28 bits per heavy atom. The van der Waals surface area contributed by atoms with Crippen molar-refractivity contribution in [2.45, 2.75) is 33.0 Å². The summed E-state index contributed by atoms with van der Waals surface area (Å²) in [6.07, 6.45) is -0.222. The van der Waals surface area contributed by atoms with E-state index in [1.165, 1.54) is 21.3 Å². The van der Waals surface area contributed by atoms with Crippen molar-refractivity contribution < 1.29 is 28.5 Å². The standard InChI is InChI=1S/C23H27N3O6/c1-14(2)32-21(27)13-26-17-9-7-6-8-16(17)25-20(26)12-24-23(28)15-10-18(29-3)22(31-5)19(11-15)30-4/h6-11,14H,12-13H2,1-5H3,(H,24,28). The third-order valence-corrected chi connectivity index (χ3v) is 4.72. The molecule has 0 aliphatic carbocycles. The molecule has 170 valence electrons. The maximum Gasteiger partial charge on any atom is 0.326 e. The van der Waals surface area contributed by atoms with Crippen molar-refractivity contribution in [2.24, 2.45) is 0 Å². The largest absolute Gasteiger partial charge is 0.493 e. The fraction of sp³-hybridized carbons (Fsp3) is 0.348. The van der Waals surface area contributed by atoms with E-state index in [1.807, 2.05) is 24.3 Å². The number of fused-ring (bicyclic) bond motifs is 1. The molecule has 0 saturated carbocycles. The summed E-state index contributed by atoms with van der Waals surface area (Å²) in [6.45, 7) is 3.69. The maximum atomic E-state index is 12.9. The number of hydrogen-bond donors (Lipinski definition) is 1. The van der Waals surface area contributed by atoms with Crippen LogP contribution in [0.3, 0.4) is 0 Å². The second-order valence-electron chi connectivity index (χ2n) is 7.24. The summed E-state index contributed by atoms with van der Waals surface area (Å²) in [6, 6.07) is 10.6. The number of nitrogens with one attached hydrogen (secondary N) is 1. The Kier molecular flexibility index (Phi) is 7.19. The van der Waals surface area contributed by atoms with E-state index in [0.717, 1.165) is 11.0 Å². The number of rotatable bonds is 9. The van der Waals surface area contributed by atoms with Gasteiger partial charge in [0.2, 0.25) is 5.75 Å². The number of esters is 1. The molecule has 0 atom stereocenters. The predicted octanol–water partition coefficient (Wildman–Crippen LogP) is 2.94. The topological polar surface area (TPSA) is 101 Å². The van der Waals surface area contributed by atoms with Gasteiger partial charge >= 0.3 is 5.97 Å². The molecule has 0 radical (unpaired) electrons. The molecule has 1 heterocycles. The van der Waals surface area contributed by atoms with Crippen LogP contribution in [0, 0.1) is 0 Å². The molecule has 0 unspecified atom stereocenters. The SMILES string of the molecule is COc1cc(C(=O)NCc2nc3ccccc3n2CC(=O)OC(C)C)cc(OC)c1OC. The molecule has 0 aliphatic rings. The van der Waals surface area contributed by atoms with Crippen LogP contribution in [0.15, 0.2) is 36.4 Å². The van der Waals surface area contributed by atoms with E-state index in [1.54, 1.807) is 30.5 Å². The molecule has 0 aliphatic heterocycles. The molecule has 1 N–H and O–H groups in total. The van der Waals surface area contributed by atoms with Crippen molar-refractivity contribution in [1.82, 2.24) is 14.9 Å². The molecular weight excluding hydrogens is 414 g/mol. The number of carbonyl (C=O) groups is 2. The van der Waals surface area contributed by atoms with Crippen LogP contribution in [-0.4, -0.2) is 48.9 Å². The summed E-state index contributed by atoms with van der Waals surface area (Å²) >= 11 is 0. The van der Waals surface area contributed by atoms with Gasteiger partial charge in [-0.3, -0.25) is 9.59 Å². The molecule has 1 amide bonds. The van der Waals surface area contributed by atoms with Crippen molar-refractivity contribution in [2.75, 3.05) is 21.3 Å². The highest BCUT2D eigenvalue weighted by molar-refractivity contribution is 5.95. The Bertz CT molecular complexity index is 1100. The molecule has 0 bridgehead atoms. The summed E-state index contributed by atoms with van der Waals surface area (Å²) < 4.78 is 23.0. The van der Waals surface area contributed by atoms with Gasteiger partial charge in [-0.05, 0) is 38.1 Å². The first-order valence-electron chi connectivity index (χ1n) is 10.1. The van der Waals surface area contributed by atoms with E-state index in [0.29, 0.717) is 28.6 Å². The summed E-state index contributed by atoms with van der Waals surface area (Å²) in [7, 11) is 4.46. The summed E-state index contributed by atoms with van der Waals surface area (Å²) in [5, 5.41) is 2.84. The monoisotopic (exact) mass is 441 g/mol. The van der Waals surface area contributed by atoms with Crippen molar-refractivity contribution in [3.63, 3.8) is 0 Å². The lowest BCUT2D eigenvalue weighted by molar-refractivity contribution is -0.148. The van der Waals surface area contributed by atoms with Crippen LogP contribution < -0.4 is 19.5 Å². The quantitative estimate of drug-likeness (QED) is 0.510. The van der Waals surface area contributed by atoms with Gasteiger partial charge in [0, 0.05) is 5.56 Å². The van der Waals surface area contributed by atoms with Gasteiger partial charge in [0.1, 0.15) is 12.4 Å². The molecule has 0 spiro atoms. The van der Waals surface area contributed by atoms with Crippen LogP contribution >= 0.6 is 0 Å². The van der Waals surface area contributed by atoms with E-state index in [-0.39, 0.29) is 31.1 Å². The molecule has 32 heavy (non-hydrogen) atoms. The molecule has 3 aromatic rings. The van der Waals surface area contributed by atoms with E-state index < -0.39 is 0 Å². The highest BCUT2D eigenvalue weighted by Gasteiger charge is 2.19. The minimum absolute atomic E-state index is 0.00587. The number of carbonyl (C=O) groups excluding carboxylic acids is 2. The van der Waals surface area contributed by atoms with E-state index in [9.17, 15) is 9.59 Å². The van der Waals surface area contributed by atoms with Crippen LogP contribution in [0.4, 0.5) is 0 Å². The zero-order valence-corrected chi connectivity index (χ0v) is 18.8. The predicted molar refractivity (Wildman–Crippen MR) is 118 cm³/mol. The third-order valence-electron chi connectivity index (χ3n) is 4.72. The Morgan fingerprint density at radius 2 is 1.69 bits per heavy atom. The zero-order chi connectivity index (χ0) is 23.3. The highest BCUT2D eigenvalue weighted by Crippen LogP contribution is 2.38. The van der Waals surface area contributed by atoms with Crippen molar-refractivity contribution in [3.05, 3.63) is 47.8 Å². The van der Waals surface area contributed by atoms with Crippen molar-refractivity contribution in [1.29, 1.82) is 0 Å². The van der Waals surface area contributed by atoms with E-state index >= 15 is 0 Å². The molecule has 0 saturated heterocycles. The fourth-order valence-electron chi connectivity index (χ4n) is 3.34. The van der Waals surface area contributed by atoms with Gasteiger partial charge in [-0.1, -0.05) is 12.1 Å². The Morgan fingerprint density at radius 1 is 1.03 bits per heavy atom. The molecule has 9 heteroatoms. The molecule has 0 fully saturated rings. The summed E-state index contributed by atoms with van der Waals surface area (Å²) in [4.78, 5) is 29.7. The molecule has 9 nitrogen and oxygen atoms in total. The van der Waals surface area contributed by atoms with Gasteiger partial charge in [0.15, 0.2) is 11.5 Å². The van der Waals surface area contributed by atoms with Crippen LogP contribution in [0.2, 0.25) is 0 Å². The lowest BCUT2D eigenvalue weighted by atomic mass is 10.1. The highest BCUT2D eigenvalue weighted by atomic mass is 16.5. The summed E-state index contributed by atoms with van der Waals surface area (Å²) in [5.74, 6) is 0.957. The number of imidazole rings is 1. The number of hydrogen-bond acceptors (Lipinski definition) is 7. The Balaban J connectivity index is 1.85. The van der Waals surface area contributed by atoms with Gasteiger partial charge in [-0.25, -0.2) is 4.98 Å². The number of nitrogens with zero attached hydrogens (tertiary/aromatic N) is 2.